The van der Waals surface area contributed by atoms with Crippen molar-refractivity contribution in [1.29, 1.82) is 0 Å². The van der Waals surface area contributed by atoms with Gasteiger partial charge in [0.15, 0.2) is 6.10 Å². The SMILES string of the molecule is Cc1nc2cc(C(=O)N3C[C@H](C(=O)NCc4ccccc4)Oc4ccccc43)ccc2n1C. The van der Waals surface area contributed by atoms with Gasteiger partial charge in [-0.15, -0.1) is 0 Å². The predicted molar refractivity (Wildman–Crippen MR) is 126 cm³/mol. The molecule has 2 amide bonds. The topological polar surface area (TPSA) is 76.5 Å². The van der Waals surface area contributed by atoms with Gasteiger partial charge in [0.1, 0.15) is 11.6 Å². The molecule has 0 radical (unpaired) electrons. The molecule has 166 valence electrons. The van der Waals surface area contributed by atoms with Gasteiger partial charge in [0.25, 0.3) is 11.8 Å². The fourth-order valence-corrected chi connectivity index (χ4v) is 4.07. The van der Waals surface area contributed by atoms with E-state index in [1.807, 2.05) is 73.1 Å². The smallest absolute Gasteiger partial charge is 0.263 e. The van der Waals surface area contributed by atoms with Crippen LogP contribution in [0.1, 0.15) is 21.7 Å². The largest absolute Gasteiger partial charge is 0.477 e. The van der Waals surface area contributed by atoms with Gasteiger partial charge in [0.2, 0.25) is 0 Å². The normalized spacial score (nSPS) is 15.1. The van der Waals surface area contributed by atoms with Crippen LogP contribution in [0.15, 0.2) is 72.8 Å². The summed E-state index contributed by atoms with van der Waals surface area (Å²) in [6, 6.07) is 22.5. The third-order valence-electron chi connectivity index (χ3n) is 5.97. The van der Waals surface area contributed by atoms with Gasteiger partial charge < -0.3 is 19.5 Å². The van der Waals surface area contributed by atoms with Crippen molar-refractivity contribution in [2.45, 2.75) is 19.6 Å². The third kappa shape index (κ3) is 3.93. The number of nitrogens with one attached hydrogen (secondary N) is 1. The molecule has 0 saturated heterocycles. The molecular formula is C26H24N4O3. The molecule has 0 aliphatic carbocycles. The van der Waals surface area contributed by atoms with E-state index in [0.717, 1.165) is 22.4 Å². The first kappa shape index (κ1) is 20.8. The molecule has 7 heteroatoms. The number of carbonyl (C=O) groups is 2. The van der Waals surface area contributed by atoms with E-state index in [1.54, 1.807) is 23.1 Å². The Kier molecular flexibility index (Phi) is 5.30. The number of hydrogen-bond acceptors (Lipinski definition) is 4. The number of carbonyl (C=O) groups excluding carboxylic acids is 2. The summed E-state index contributed by atoms with van der Waals surface area (Å²) in [4.78, 5) is 32.6. The van der Waals surface area contributed by atoms with Gasteiger partial charge in [-0.1, -0.05) is 42.5 Å². The number of fused-ring (bicyclic) bond motifs is 2. The summed E-state index contributed by atoms with van der Waals surface area (Å²) in [5.41, 5.74) is 3.88. The van der Waals surface area contributed by atoms with E-state index in [-0.39, 0.29) is 18.4 Å². The summed E-state index contributed by atoms with van der Waals surface area (Å²) in [6.07, 6.45) is -0.812. The summed E-state index contributed by atoms with van der Waals surface area (Å²) in [7, 11) is 1.95. The maximum absolute atomic E-state index is 13.5. The number of amides is 2. The highest BCUT2D eigenvalue weighted by molar-refractivity contribution is 6.09. The van der Waals surface area contributed by atoms with Crippen LogP contribution in [0.4, 0.5) is 5.69 Å². The first-order valence-electron chi connectivity index (χ1n) is 10.8. The van der Waals surface area contributed by atoms with Gasteiger partial charge in [-0.3, -0.25) is 9.59 Å². The lowest BCUT2D eigenvalue weighted by Crippen LogP contribution is -2.50. The molecule has 0 fully saturated rings. The van der Waals surface area contributed by atoms with E-state index in [4.69, 9.17) is 4.74 Å². The monoisotopic (exact) mass is 440 g/mol. The average molecular weight is 441 g/mol. The van der Waals surface area contributed by atoms with E-state index in [1.165, 1.54) is 0 Å². The highest BCUT2D eigenvalue weighted by Crippen LogP contribution is 2.34. The van der Waals surface area contributed by atoms with E-state index < -0.39 is 6.10 Å². The standard InChI is InChI=1S/C26H24N4O3/c1-17-28-20-14-19(12-13-21(20)29(17)2)26(32)30-16-24(33-23-11-7-6-10-22(23)30)25(31)27-15-18-8-4-3-5-9-18/h3-14,24H,15-16H2,1-2H3,(H,27,31)/t24-/m1/s1. The van der Waals surface area contributed by atoms with E-state index in [2.05, 4.69) is 10.3 Å². The lowest BCUT2D eigenvalue weighted by Gasteiger charge is -2.34. The predicted octanol–water partition coefficient (Wildman–Crippen LogP) is 3.61. The van der Waals surface area contributed by atoms with Crippen LogP contribution < -0.4 is 15.0 Å². The lowest BCUT2D eigenvalue weighted by molar-refractivity contribution is -0.127. The number of aromatic nitrogens is 2. The van der Waals surface area contributed by atoms with Crippen LogP contribution in [0.25, 0.3) is 11.0 Å². The van der Waals surface area contributed by atoms with E-state index in [0.29, 0.717) is 23.5 Å². The molecular weight excluding hydrogens is 416 g/mol. The number of anilines is 1. The summed E-state index contributed by atoms with van der Waals surface area (Å²) in [5, 5.41) is 2.92. The van der Waals surface area contributed by atoms with Crippen LogP contribution in [0.5, 0.6) is 5.75 Å². The van der Waals surface area contributed by atoms with Crippen molar-refractivity contribution in [2.75, 3.05) is 11.4 Å². The van der Waals surface area contributed by atoms with Crippen molar-refractivity contribution in [3.05, 3.63) is 89.7 Å². The number of hydrogen-bond donors (Lipinski definition) is 1. The van der Waals surface area contributed by atoms with E-state index in [9.17, 15) is 9.59 Å². The Balaban J connectivity index is 1.41. The Morgan fingerprint density at radius 3 is 2.64 bits per heavy atom. The molecule has 1 aliphatic rings. The van der Waals surface area contributed by atoms with Crippen LogP contribution in [0.3, 0.4) is 0 Å². The first-order valence-corrected chi connectivity index (χ1v) is 10.8. The Hall–Kier alpha value is -4.13. The molecule has 33 heavy (non-hydrogen) atoms. The average Bonchev–Trinajstić information content (AvgIpc) is 3.14. The zero-order chi connectivity index (χ0) is 22.9. The Bertz CT molecular complexity index is 1350. The maximum atomic E-state index is 13.5. The Labute approximate surface area is 191 Å². The van der Waals surface area contributed by atoms with Crippen molar-refractivity contribution in [2.24, 2.45) is 7.05 Å². The van der Waals surface area contributed by atoms with Crippen molar-refractivity contribution in [3.63, 3.8) is 0 Å². The molecule has 3 aromatic carbocycles. The molecule has 1 aliphatic heterocycles. The van der Waals surface area contributed by atoms with Crippen LogP contribution in [-0.2, 0) is 18.4 Å². The molecule has 1 aromatic heterocycles. The van der Waals surface area contributed by atoms with E-state index >= 15 is 0 Å². The zero-order valence-electron chi connectivity index (χ0n) is 18.5. The summed E-state index contributed by atoms with van der Waals surface area (Å²) in [5.74, 6) is 0.923. The molecule has 1 N–H and O–H groups in total. The van der Waals surface area contributed by atoms with Gasteiger partial charge in [-0.25, -0.2) is 4.98 Å². The van der Waals surface area contributed by atoms with Crippen molar-refractivity contribution in [3.8, 4) is 5.75 Å². The summed E-state index contributed by atoms with van der Waals surface area (Å²) >= 11 is 0. The molecule has 7 nitrogen and oxygen atoms in total. The molecule has 0 saturated carbocycles. The lowest BCUT2D eigenvalue weighted by atomic mass is 10.1. The maximum Gasteiger partial charge on any atom is 0.263 e. The first-order chi connectivity index (χ1) is 16.0. The van der Waals surface area contributed by atoms with Crippen LogP contribution in [0.2, 0.25) is 0 Å². The van der Waals surface area contributed by atoms with Crippen LogP contribution in [-0.4, -0.2) is 34.0 Å². The van der Waals surface area contributed by atoms with Gasteiger partial charge >= 0.3 is 0 Å². The molecule has 0 unspecified atom stereocenters. The van der Waals surface area contributed by atoms with Crippen LogP contribution >= 0.6 is 0 Å². The number of imidazole rings is 1. The number of para-hydroxylation sites is 2. The zero-order valence-corrected chi connectivity index (χ0v) is 18.5. The third-order valence-corrected chi connectivity index (χ3v) is 5.97. The molecule has 5 rings (SSSR count). The number of nitrogens with zero attached hydrogens (tertiary/aromatic N) is 3. The quantitative estimate of drug-likeness (QED) is 0.526. The van der Waals surface area contributed by atoms with Crippen molar-refractivity contribution < 1.29 is 14.3 Å². The minimum absolute atomic E-state index is 0.121. The fourth-order valence-electron chi connectivity index (χ4n) is 4.07. The van der Waals surface area contributed by atoms with Gasteiger partial charge in [-0.2, -0.15) is 0 Å². The van der Waals surface area contributed by atoms with Gasteiger partial charge in [0.05, 0.1) is 23.3 Å². The fraction of sp³-hybridized carbons (Fsp3) is 0.192. The molecule has 2 heterocycles. The van der Waals surface area contributed by atoms with Crippen molar-refractivity contribution >= 4 is 28.5 Å². The molecule has 0 spiro atoms. The highest BCUT2D eigenvalue weighted by Gasteiger charge is 2.34. The molecule has 0 bridgehead atoms. The second-order valence-corrected chi connectivity index (χ2v) is 8.11. The minimum Gasteiger partial charge on any atom is -0.477 e. The van der Waals surface area contributed by atoms with Gasteiger partial charge in [0, 0.05) is 19.2 Å². The molecule has 1 atom stereocenters. The Morgan fingerprint density at radius 1 is 1.06 bits per heavy atom. The highest BCUT2D eigenvalue weighted by atomic mass is 16.5. The number of aryl methyl sites for hydroxylation is 2. The number of rotatable bonds is 4. The summed E-state index contributed by atoms with van der Waals surface area (Å²) in [6.45, 7) is 2.44. The summed E-state index contributed by atoms with van der Waals surface area (Å²) < 4.78 is 7.95. The minimum atomic E-state index is -0.812. The second kappa shape index (κ2) is 8.43. The van der Waals surface area contributed by atoms with Crippen LogP contribution in [0, 0.1) is 6.92 Å². The number of ether oxygens (including phenoxy) is 1. The Morgan fingerprint density at radius 2 is 1.82 bits per heavy atom. The molecule has 4 aromatic rings. The number of benzene rings is 3. The van der Waals surface area contributed by atoms with Crippen molar-refractivity contribution in [1.82, 2.24) is 14.9 Å². The van der Waals surface area contributed by atoms with Gasteiger partial charge in [-0.05, 0) is 42.8 Å². The second-order valence-electron chi connectivity index (χ2n) is 8.11.